The van der Waals surface area contributed by atoms with Crippen LogP contribution in [-0.4, -0.2) is 49.8 Å². The fourth-order valence-electron chi connectivity index (χ4n) is 3.40. The lowest BCUT2D eigenvalue weighted by Gasteiger charge is -2.35. The molecule has 0 amide bonds. The number of hydrogen-bond acceptors (Lipinski definition) is 3. The van der Waals surface area contributed by atoms with Crippen LogP contribution in [0.1, 0.15) is 39.5 Å². The summed E-state index contributed by atoms with van der Waals surface area (Å²) in [4.78, 5) is 2.53. The Hall–Kier alpha value is -0.120. The molecule has 0 radical (unpaired) electrons. The first kappa shape index (κ1) is 12.9. The highest BCUT2D eigenvalue weighted by Crippen LogP contribution is 2.60. The SMILES string of the molecule is CC(C)N1CCOC(CNCC2(C3CC3)CC2)C1. The molecule has 3 fully saturated rings. The molecular formula is C15H28N2O. The van der Waals surface area contributed by atoms with E-state index in [1.807, 2.05) is 0 Å². The molecular weight excluding hydrogens is 224 g/mol. The summed E-state index contributed by atoms with van der Waals surface area (Å²) in [5, 5.41) is 3.69. The summed E-state index contributed by atoms with van der Waals surface area (Å²) in [6.45, 7) is 9.93. The third kappa shape index (κ3) is 2.89. The van der Waals surface area contributed by atoms with E-state index in [9.17, 15) is 0 Å². The molecule has 104 valence electrons. The zero-order valence-electron chi connectivity index (χ0n) is 12.0. The zero-order valence-corrected chi connectivity index (χ0v) is 12.0. The zero-order chi connectivity index (χ0) is 12.6. The second kappa shape index (κ2) is 5.10. The van der Waals surface area contributed by atoms with Crippen molar-refractivity contribution in [3.8, 4) is 0 Å². The van der Waals surface area contributed by atoms with Gasteiger partial charge in [-0.15, -0.1) is 0 Å². The minimum absolute atomic E-state index is 0.399. The van der Waals surface area contributed by atoms with Gasteiger partial charge in [0.1, 0.15) is 0 Å². The van der Waals surface area contributed by atoms with E-state index in [1.165, 1.54) is 32.2 Å². The molecule has 0 aromatic carbocycles. The Morgan fingerprint density at radius 1 is 1.33 bits per heavy atom. The van der Waals surface area contributed by atoms with E-state index in [0.717, 1.165) is 32.2 Å². The van der Waals surface area contributed by atoms with Crippen LogP contribution in [0.4, 0.5) is 0 Å². The van der Waals surface area contributed by atoms with Crippen LogP contribution in [0.5, 0.6) is 0 Å². The van der Waals surface area contributed by atoms with Crippen molar-refractivity contribution in [1.82, 2.24) is 10.2 Å². The lowest BCUT2D eigenvalue weighted by molar-refractivity contribution is -0.0375. The second-order valence-corrected chi connectivity index (χ2v) is 6.85. The Kier molecular flexibility index (Phi) is 3.65. The number of ether oxygens (including phenoxy) is 1. The molecule has 0 spiro atoms. The number of nitrogens with one attached hydrogen (secondary N) is 1. The van der Waals surface area contributed by atoms with Gasteiger partial charge in [0.2, 0.25) is 0 Å². The highest BCUT2D eigenvalue weighted by atomic mass is 16.5. The molecule has 0 aromatic rings. The third-order valence-electron chi connectivity index (χ3n) is 5.09. The predicted octanol–water partition coefficient (Wildman–Crippen LogP) is 1.88. The molecule has 1 saturated heterocycles. The molecule has 3 heteroatoms. The number of hydrogen-bond donors (Lipinski definition) is 1. The van der Waals surface area contributed by atoms with Crippen LogP contribution in [0.3, 0.4) is 0 Å². The first-order valence-electron chi connectivity index (χ1n) is 7.76. The van der Waals surface area contributed by atoms with Crippen LogP contribution < -0.4 is 5.32 Å². The van der Waals surface area contributed by atoms with Crippen molar-refractivity contribution in [2.75, 3.05) is 32.8 Å². The van der Waals surface area contributed by atoms with Crippen molar-refractivity contribution in [3.05, 3.63) is 0 Å². The summed E-state index contributed by atoms with van der Waals surface area (Å²) in [5.41, 5.74) is 0.715. The van der Waals surface area contributed by atoms with Gasteiger partial charge in [0.15, 0.2) is 0 Å². The summed E-state index contributed by atoms with van der Waals surface area (Å²) >= 11 is 0. The van der Waals surface area contributed by atoms with Crippen LogP contribution in [0.25, 0.3) is 0 Å². The number of rotatable bonds is 6. The van der Waals surface area contributed by atoms with Gasteiger partial charge in [-0.25, -0.2) is 0 Å². The smallest absolute Gasteiger partial charge is 0.0826 e. The third-order valence-corrected chi connectivity index (χ3v) is 5.09. The standard InChI is InChI=1S/C15H28N2O/c1-12(2)17-7-8-18-14(10-17)9-16-11-15(5-6-15)13-3-4-13/h12-14,16H,3-11H2,1-2H3. The molecule has 2 saturated carbocycles. The van der Waals surface area contributed by atoms with Crippen LogP contribution in [0.15, 0.2) is 0 Å². The normalized spacial score (nSPS) is 31.8. The maximum Gasteiger partial charge on any atom is 0.0826 e. The fourth-order valence-corrected chi connectivity index (χ4v) is 3.40. The van der Waals surface area contributed by atoms with Gasteiger partial charge < -0.3 is 10.1 Å². The van der Waals surface area contributed by atoms with Crippen molar-refractivity contribution >= 4 is 0 Å². The molecule has 1 atom stereocenters. The predicted molar refractivity (Wildman–Crippen MR) is 73.7 cm³/mol. The highest BCUT2D eigenvalue weighted by Gasteiger charge is 2.53. The van der Waals surface area contributed by atoms with E-state index in [1.54, 1.807) is 0 Å². The van der Waals surface area contributed by atoms with Crippen molar-refractivity contribution in [1.29, 1.82) is 0 Å². The molecule has 3 aliphatic rings. The quantitative estimate of drug-likeness (QED) is 0.781. The number of nitrogens with zero attached hydrogens (tertiary/aromatic N) is 1. The van der Waals surface area contributed by atoms with Gasteiger partial charge in [-0.2, -0.15) is 0 Å². The molecule has 18 heavy (non-hydrogen) atoms. The second-order valence-electron chi connectivity index (χ2n) is 6.85. The van der Waals surface area contributed by atoms with Gasteiger partial charge in [-0.1, -0.05) is 0 Å². The minimum atomic E-state index is 0.399. The van der Waals surface area contributed by atoms with E-state index < -0.39 is 0 Å². The summed E-state index contributed by atoms with van der Waals surface area (Å²) in [6, 6.07) is 0.651. The fraction of sp³-hybridized carbons (Fsp3) is 1.00. The maximum atomic E-state index is 5.87. The monoisotopic (exact) mass is 252 g/mol. The van der Waals surface area contributed by atoms with Crippen molar-refractivity contribution < 1.29 is 4.74 Å². The lowest BCUT2D eigenvalue weighted by Crippen LogP contribution is -2.49. The van der Waals surface area contributed by atoms with Gasteiger partial charge in [0.25, 0.3) is 0 Å². The summed E-state index contributed by atoms with van der Waals surface area (Å²) in [7, 11) is 0. The Balaban J connectivity index is 1.37. The first-order valence-corrected chi connectivity index (χ1v) is 7.76. The number of morpholine rings is 1. The van der Waals surface area contributed by atoms with Gasteiger partial charge in [-0.05, 0) is 50.9 Å². The minimum Gasteiger partial charge on any atom is -0.374 e. The maximum absolute atomic E-state index is 5.87. The van der Waals surface area contributed by atoms with Crippen molar-refractivity contribution in [2.45, 2.75) is 51.7 Å². The summed E-state index contributed by atoms with van der Waals surface area (Å²) < 4.78 is 5.87. The van der Waals surface area contributed by atoms with Gasteiger partial charge in [0, 0.05) is 32.2 Å². The molecule has 2 aliphatic carbocycles. The molecule has 1 unspecified atom stereocenters. The van der Waals surface area contributed by atoms with Gasteiger partial charge in [-0.3, -0.25) is 4.90 Å². The Labute approximate surface area is 111 Å². The Morgan fingerprint density at radius 3 is 2.72 bits per heavy atom. The molecule has 3 rings (SSSR count). The highest BCUT2D eigenvalue weighted by molar-refractivity contribution is 5.05. The summed E-state index contributed by atoms with van der Waals surface area (Å²) in [5.74, 6) is 1.06. The van der Waals surface area contributed by atoms with E-state index in [4.69, 9.17) is 4.74 Å². The average Bonchev–Trinajstić information content (AvgIpc) is 3.23. The summed E-state index contributed by atoms with van der Waals surface area (Å²) in [6.07, 6.45) is 6.31. The molecule has 1 aliphatic heterocycles. The lowest BCUT2D eigenvalue weighted by atomic mass is 10.0. The van der Waals surface area contributed by atoms with Crippen LogP contribution in [0.2, 0.25) is 0 Å². The van der Waals surface area contributed by atoms with Crippen LogP contribution in [-0.2, 0) is 4.74 Å². The van der Waals surface area contributed by atoms with Gasteiger partial charge >= 0.3 is 0 Å². The molecule has 1 heterocycles. The van der Waals surface area contributed by atoms with Crippen LogP contribution in [0, 0.1) is 11.3 Å². The topological polar surface area (TPSA) is 24.5 Å². The van der Waals surface area contributed by atoms with Gasteiger partial charge in [0.05, 0.1) is 12.7 Å². The molecule has 3 nitrogen and oxygen atoms in total. The molecule has 0 bridgehead atoms. The molecule has 1 N–H and O–H groups in total. The van der Waals surface area contributed by atoms with E-state index in [2.05, 4.69) is 24.1 Å². The van der Waals surface area contributed by atoms with Crippen LogP contribution >= 0.6 is 0 Å². The van der Waals surface area contributed by atoms with E-state index in [-0.39, 0.29) is 0 Å². The largest absolute Gasteiger partial charge is 0.374 e. The van der Waals surface area contributed by atoms with E-state index in [0.29, 0.717) is 17.6 Å². The Morgan fingerprint density at radius 2 is 2.11 bits per heavy atom. The first-order chi connectivity index (χ1) is 8.70. The van der Waals surface area contributed by atoms with Crippen molar-refractivity contribution in [2.24, 2.45) is 11.3 Å². The Bertz CT molecular complexity index is 284. The average molecular weight is 252 g/mol. The molecule has 0 aromatic heterocycles. The van der Waals surface area contributed by atoms with Crippen molar-refractivity contribution in [3.63, 3.8) is 0 Å². The van der Waals surface area contributed by atoms with E-state index >= 15 is 0 Å².